The molecular formula is C32H39O6. The van der Waals surface area contributed by atoms with Crippen LogP contribution in [0.3, 0.4) is 0 Å². The van der Waals surface area contributed by atoms with E-state index in [-0.39, 0.29) is 11.5 Å². The van der Waals surface area contributed by atoms with E-state index >= 15 is 0 Å². The second-order valence-electron chi connectivity index (χ2n) is 13.5. The topological polar surface area (TPSA) is 115 Å². The van der Waals surface area contributed by atoms with E-state index in [0.717, 1.165) is 0 Å². The molecule has 0 aromatic heterocycles. The number of hydrogen-bond acceptors (Lipinski definition) is 5. The molecule has 3 N–H and O–H groups in total. The quantitative estimate of drug-likeness (QED) is 0.232. The Balaban J connectivity index is 2.53. The van der Waals surface area contributed by atoms with Crippen LogP contribution in [0, 0.1) is 5.41 Å². The van der Waals surface area contributed by atoms with Gasteiger partial charge in [-0.2, -0.15) is 0 Å². The second-order valence-corrected chi connectivity index (χ2v) is 13.5. The molecule has 1 aliphatic rings. The van der Waals surface area contributed by atoms with Crippen molar-refractivity contribution in [2.24, 2.45) is 5.41 Å². The third kappa shape index (κ3) is 4.96. The number of carbonyl (C=O) groups excluding carboxylic acids is 2. The van der Waals surface area contributed by atoms with E-state index in [1.807, 2.05) is 69.2 Å². The van der Waals surface area contributed by atoms with Crippen LogP contribution in [0.4, 0.5) is 0 Å². The van der Waals surface area contributed by atoms with Gasteiger partial charge in [-0.3, -0.25) is 14.7 Å². The van der Waals surface area contributed by atoms with Crippen LogP contribution in [0.1, 0.15) is 91.5 Å². The van der Waals surface area contributed by atoms with Crippen LogP contribution in [0.25, 0.3) is 0 Å². The number of phenols is 3. The highest BCUT2D eigenvalue weighted by atomic mass is 16.3. The number of carbonyl (C=O) groups is 2. The molecular weight excluding hydrogens is 480 g/mol. The van der Waals surface area contributed by atoms with E-state index in [9.17, 15) is 30.0 Å². The molecule has 2 aromatic rings. The van der Waals surface area contributed by atoms with Crippen molar-refractivity contribution >= 4 is 11.6 Å². The van der Waals surface area contributed by atoms with Crippen molar-refractivity contribution in [1.29, 1.82) is 0 Å². The van der Waals surface area contributed by atoms with Gasteiger partial charge < -0.3 is 15.3 Å². The number of phenolic OH excluding ortho intramolecular Hbond substituents is 3. The van der Waals surface area contributed by atoms with Crippen molar-refractivity contribution in [3.63, 3.8) is 0 Å². The number of Topliss-reactive ketones (excluding diaryl/α,β-unsaturated/α-hetero) is 1. The number of allylic oxidation sites excluding steroid dienone is 4. The Morgan fingerprint density at radius 1 is 0.605 bits per heavy atom. The van der Waals surface area contributed by atoms with Gasteiger partial charge in [0.2, 0.25) is 17.3 Å². The largest absolute Gasteiger partial charge is 0.504 e. The molecule has 0 bridgehead atoms. The van der Waals surface area contributed by atoms with Crippen molar-refractivity contribution in [3.8, 4) is 23.0 Å². The lowest BCUT2D eigenvalue weighted by Crippen LogP contribution is -2.33. The fraction of sp³-hybridized carbons (Fsp3) is 0.438. The fourth-order valence-corrected chi connectivity index (χ4v) is 4.89. The van der Waals surface area contributed by atoms with Crippen LogP contribution in [-0.2, 0) is 30.9 Å². The summed E-state index contributed by atoms with van der Waals surface area (Å²) in [5.74, 6) is -2.75. The summed E-state index contributed by atoms with van der Waals surface area (Å²) in [6.45, 7) is 18.7. The summed E-state index contributed by atoms with van der Waals surface area (Å²) in [7, 11) is 0. The van der Waals surface area contributed by atoms with Gasteiger partial charge in [0.25, 0.3) is 0 Å². The zero-order valence-corrected chi connectivity index (χ0v) is 24.0. The highest BCUT2D eigenvalue weighted by Gasteiger charge is 2.41. The number of ketones is 2. The number of aromatic hydroxyl groups is 3. The molecule has 1 radical (unpaired) electrons. The maximum absolute atomic E-state index is 13.0. The lowest BCUT2D eigenvalue weighted by molar-refractivity contribution is -0.132. The van der Waals surface area contributed by atoms with E-state index in [0.29, 0.717) is 33.4 Å². The fourth-order valence-electron chi connectivity index (χ4n) is 4.89. The minimum Gasteiger partial charge on any atom is -0.504 e. The molecule has 203 valence electrons. The van der Waals surface area contributed by atoms with E-state index in [1.165, 1.54) is 18.2 Å². The van der Waals surface area contributed by atoms with Crippen LogP contribution in [-0.4, -0.2) is 26.9 Å². The minimum atomic E-state index is -1.21. The normalized spacial score (nSPS) is 15.4. The van der Waals surface area contributed by atoms with Gasteiger partial charge in [-0.1, -0.05) is 68.4 Å². The van der Waals surface area contributed by atoms with Crippen molar-refractivity contribution in [2.45, 2.75) is 85.5 Å². The van der Waals surface area contributed by atoms with E-state index in [1.54, 1.807) is 18.2 Å². The molecule has 6 nitrogen and oxygen atoms in total. The molecule has 3 rings (SSSR count). The van der Waals surface area contributed by atoms with Gasteiger partial charge in [0.05, 0.1) is 0 Å². The average Bonchev–Trinajstić information content (AvgIpc) is 2.75. The molecule has 1 aliphatic carbocycles. The van der Waals surface area contributed by atoms with Gasteiger partial charge in [-0.25, -0.2) is 0 Å². The summed E-state index contributed by atoms with van der Waals surface area (Å²) in [6, 6.07) is 6.29. The molecule has 0 amide bonds. The van der Waals surface area contributed by atoms with Crippen LogP contribution in [0.5, 0.6) is 23.0 Å². The minimum absolute atomic E-state index is 0.244. The molecule has 38 heavy (non-hydrogen) atoms. The maximum Gasteiger partial charge on any atom is 0.229 e. The number of rotatable bonds is 3. The van der Waals surface area contributed by atoms with Gasteiger partial charge in [0.15, 0.2) is 17.2 Å². The molecule has 0 saturated carbocycles. The van der Waals surface area contributed by atoms with Gasteiger partial charge in [-0.05, 0) is 70.2 Å². The molecule has 1 atom stereocenters. The molecule has 0 fully saturated rings. The third-order valence-corrected chi connectivity index (χ3v) is 7.37. The van der Waals surface area contributed by atoms with Gasteiger partial charge in [0.1, 0.15) is 0 Å². The SMILES string of the molecule is CC(C)(C)C1=CC(C(C)(c2cc(O)c([O])c(C(C)(C)C)c2)c2cc(O)c(O)c(C(C)(C)C)c2)=CC(=O)C1=O. The Labute approximate surface area is 225 Å². The highest BCUT2D eigenvalue weighted by molar-refractivity contribution is 6.48. The van der Waals surface area contributed by atoms with E-state index in [4.69, 9.17) is 0 Å². The van der Waals surface area contributed by atoms with Crippen molar-refractivity contribution in [3.05, 3.63) is 69.8 Å². The standard InChI is InChI=1S/C32H39O6/c1-29(2,3)20-11-17(14-23(33)26(20)36)32(10,18-12-21(30(4,5)6)27(37)24(34)15-18)19-13-22(31(7,8)9)28(38)25(35)16-19/h11-16,33-34,36H,1-10H3. The molecule has 6 heteroatoms. The molecule has 0 saturated heterocycles. The number of hydrogen-bond donors (Lipinski definition) is 3. The summed E-state index contributed by atoms with van der Waals surface area (Å²) >= 11 is 0. The summed E-state index contributed by atoms with van der Waals surface area (Å²) in [5, 5.41) is 45.2. The molecule has 0 heterocycles. The Morgan fingerprint density at radius 2 is 1.08 bits per heavy atom. The van der Waals surface area contributed by atoms with Crippen LogP contribution >= 0.6 is 0 Å². The van der Waals surface area contributed by atoms with Crippen LogP contribution in [0.15, 0.2) is 47.6 Å². The Bertz CT molecular complexity index is 1320. The molecule has 1 unspecified atom stereocenters. The predicted octanol–water partition coefficient (Wildman–Crippen LogP) is 6.90. The van der Waals surface area contributed by atoms with Crippen LogP contribution in [0.2, 0.25) is 0 Å². The predicted molar refractivity (Wildman–Crippen MR) is 147 cm³/mol. The summed E-state index contributed by atoms with van der Waals surface area (Å²) in [6.07, 6.45) is 2.99. The zero-order chi connectivity index (χ0) is 29.2. The molecule has 0 spiro atoms. The smallest absolute Gasteiger partial charge is 0.229 e. The van der Waals surface area contributed by atoms with Crippen LogP contribution < -0.4 is 0 Å². The first-order chi connectivity index (χ1) is 17.1. The Hall–Kier alpha value is -3.54. The summed E-state index contributed by atoms with van der Waals surface area (Å²) < 4.78 is 0. The van der Waals surface area contributed by atoms with Gasteiger partial charge in [-0.15, -0.1) is 0 Å². The lowest BCUT2D eigenvalue weighted by Gasteiger charge is -2.37. The van der Waals surface area contributed by atoms with E-state index in [2.05, 4.69) is 0 Å². The summed E-state index contributed by atoms with van der Waals surface area (Å²) in [5.41, 5.74) is -0.276. The van der Waals surface area contributed by atoms with Crippen molar-refractivity contribution in [2.75, 3.05) is 0 Å². The first-order valence-corrected chi connectivity index (χ1v) is 12.7. The molecule has 0 aliphatic heterocycles. The summed E-state index contributed by atoms with van der Waals surface area (Å²) in [4.78, 5) is 25.9. The lowest BCUT2D eigenvalue weighted by atomic mass is 9.65. The monoisotopic (exact) mass is 519 g/mol. The third-order valence-electron chi connectivity index (χ3n) is 7.37. The van der Waals surface area contributed by atoms with Gasteiger partial charge >= 0.3 is 0 Å². The first kappa shape index (κ1) is 29.0. The zero-order valence-electron chi connectivity index (χ0n) is 24.0. The first-order valence-electron chi connectivity index (χ1n) is 12.7. The number of benzene rings is 2. The van der Waals surface area contributed by atoms with Crippen molar-refractivity contribution < 1.29 is 30.0 Å². The second kappa shape index (κ2) is 9.04. The molecule has 2 aromatic carbocycles. The van der Waals surface area contributed by atoms with E-state index < -0.39 is 44.7 Å². The van der Waals surface area contributed by atoms with Crippen molar-refractivity contribution in [1.82, 2.24) is 0 Å². The Kier molecular flexibility index (Phi) is 6.90. The highest BCUT2D eigenvalue weighted by Crippen LogP contribution is 2.50. The Morgan fingerprint density at radius 3 is 1.55 bits per heavy atom. The maximum atomic E-state index is 13.0. The average molecular weight is 520 g/mol. The van der Waals surface area contributed by atoms with Gasteiger partial charge in [0, 0.05) is 22.1 Å².